The van der Waals surface area contributed by atoms with Crippen molar-refractivity contribution in [3.63, 3.8) is 0 Å². The van der Waals surface area contributed by atoms with Gasteiger partial charge in [-0.3, -0.25) is 0 Å². The Kier molecular flexibility index (Phi) is 17.0. The number of allylic oxidation sites excluding steroid dienone is 3. The largest absolute Gasteiger partial charge is 0.0991 e. The molecule has 0 aliphatic heterocycles. The standard InChI is InChI=1S/C19H36/c1-3-5-7-9-11-13-15-17-19-18-16-14-12-10-8-6-4-2/h3,5,7H,1,4,6,8-19H2,2H3. The predicted molar refractivity (Wildman–Crippen MR) is 89.6 cm³/mol. The van der Waals surface area contributed by atoms with Gasteiger partial charge in [0.25, 0.3) is 0 Å². The molecule has 0 saturated carbocycles. The predicted octanol–water partition coefficient (Wildman–Crippen LogP) is 7.21. The zero-order chi connectivity index (χ0) is 14.0. The van der Waals surface area contributed by atoms with Crippen molar-refractivity contribution in [3.05, 3.63) is 24.8 Å². The summed E-state index contributed by atoms with van der Waals surface area (Å²) in [5.74, 6) is 0. The molecule has 0 nitrogen and oxygen atoms in total. The molecule has 0 rings (SSSR count). The van der Waals surface area contributed by atoms with Crippen molar-refractivity contribution in [2.45, 2.75) is 96.8 Å². The summed E-state index contributed by atoms with van der Waals surface area (Å²) >= 11 is 0. The summed E-state index contributed by atoms with van der Waals surface area (Å²) in [7, 11) is 0. The van der Waals surface area contributed by atoms with E-state index < -0.39 is 0 Å². The summed E-state index contributed by atoms with van der Waals surface area (Å²) in [5.41, 5.74) is 0. The zero-order valence-corrected chi connectivity index (χ0v) is 13.3. The van der Waals surface area contributed by atoms with E-state index >= 15 is 0 Å². The molecule has 0 aromatic rings. The molecular formula is C19H36. The monoisotopic (exact) mass is 264 g/mol. The van der Waals surface area contributed by atoms with E-state index in [0.717, 1.165) is 0 Å². The van der Waals surface area contributed by atoms with Gasteiger partial charge in [-0.05, 0) is 12.8 Å². The highest BCUT2D eigenvalue weighted by Crippen LogP contribution is 2.12. The Labute approximate surface area is 122 Å². The third kappa shape index (κ3) is 17.5. The van der Waals surface area contributed by atoms with Crippen LogP contribution in [0.25, 0.3) is 0 Å². The maximum atomic E-state index is 3.68. The van der Waals surface area contributed by atoms with Gasteiger partial charge in [0.05, 0.1) is 0 Å². The number of rotatable bonds is 15. The van der Waals surface area contributed by atoms with Crippen LogP contribution in [0.3, 0.4) is 0 Å². The minimum Gasteiger partial charge on any atom is -0.0991 e. The highest BCUT2D eigenvalue weighted by molar-refractivity contribution is 4.96. The first-order valence-electron chi connectivity index (χ1n) is 8.69. The number of hydrogen-bond acceptors (Lipinski definition) is 0. The number of unbranched alkanes of at least 4 members (excludes halogenated alkanes) is 13. The fraction of sp³-hybridized carbons (Fsp3) is 0.789. The van der Waals surface area contributed by atoms with Crippen LogP contribution >= 0.6 is 0 Å². The molecule has 0 fully saturated rings. The number of hydrogen-bond donors (Lipinski definition) is 0. The van der Waals surface area contributed by atoms with Gasteiger partial charge >= 0.3 is 0 Å². The van der Waals surface area contributed by atoms with Gasteiger partial charge in [-0.15, -0.1) is 0 Å². The lowest BCUT2D eigenvalue weighted by Crippen LogP contribution is -1.82. The molecular weight excluding hydrogens is 228 g/mol. The third-order valence-electron chi connectivity index (χ3n) is 3.75. The van der Waals surface area contributed by atoms with Crippen LogP contribution in [-0.2, 0) is 0 Å². The normalized spacial score (nSPS) is 11.2. The van der Waals surface area contributed by atoms with Gasteiger partial charge in [0.15, 0.2) is 0 Å². The molecule has 0 aliphatic rings. The van der Waals surface area contributed by atoms with E-state index in [2.05, 4.69) is 25.7 Å². The SMILES string of the molecule is C=CC=CCCCCCCCCCCCCCCC. The molecule has 0 N–H and O–H groups in total. The summed E-state index contributed by atoms with van der Waals surface area (Å²) in [6.45, 7) is 5.96. The minimum atomic E-state index is 1.23. The van der Waals surface area contributed by atoms with Crippen LogP contribution in [0.1, 0.15) is 96.8 Å². The molecule has 0 amide bonds. The molecule has 0 spiro atoms. The molecule has 0 bridgehead atoms. The van der Waals surface area contributed by atoms with Gasteiger partial charge in [0.2, 0.25) is 0 Å². The van der Waals surface area contributed by atoms with Crippen molar-refractivity contribution in [2.24, 2.45) is 0 Å². The van der Waals surface area contributed by atoms with E-state index in [-0.39, 0.29) is 0 Å². The van der Waals surface area contributed by atoms with Crippen LogP contribution in [0.2, 0.25) is 0 Å². The average Bonchev–Trinajstić information content (AvgIpc) is 2.43. The lowest BCUT2D eigenvalue weighted by atomic mass is 10.0. The first-order chi connectivity index (χ1) is 9.41. The topological polar surface area (TPSA) is 0 Å². The molecule has 0 aliphatic carbocycles. The molecule has 0 radical (unpaired) electrons. The van der Waals surface area contributed by atoms with E-state index in [0.29, 0.717) is 0 Å². The molecule has 0 aromatic heterocycles. The molecule has 0 heterocycles. The summed E-state index contributed by atoms with van der Waals surface area (Å²) in [6.07, 6.45) is 26.0. The fourth-order valence-corrected chi connectivity index (χ4v) is 2.47. The van der Waals surface area contributed by atoms with Crippen LogP contribution < -0.4 is 0 Å². The van der Waals surface area contributed by atoms with E-state index in [1.165, 1.54) is 89.9 Å². The highest BCUT2D eigenvalue weighted by Gasteiger charge is 1.93. The Hall–Kier alpha value is -0.520. The van der Waals surface area contributed by atoms with Crippen LogP contribution in [0.5, 0.6) is 0 Å². The van der Waals surface area contributed by atoms with Crippen molar-refractivity contribution in [1.82, 2.24) is 0 Å². The molecule has 0 heteroatoms. The van der Waals surface area contributed by atoms with Gasteiger partial charge in [-0.25, -0.2) is 0 Å². The molecule has 19 heavy (non-hydrogen) atoms. The highest BCUT2D eigenvalue weighted by atomic mass is 14.0. The fourth-order valence-electron chi connectivity index (χ4n) is 2.47. The van der Waals surface area contributed by atoms with E-state index in [4.69, 9.17) is 0 Å². The lowest BCUT2D eigenvalue weighted by molar-refractivity contribution is 0.540. The Morgan fingerprint density at radius 2 is 1.05 bits per heavy atom. The zero-order valence-electron chi connectivity index (χ0n) is 13.3. The Morgan fingerprint density at radius 1 is 0.632 bits per heavy atom. The van der Waals surface area contributed by atoms with E-state index in [1.807, 2.05) is 6.08 Å². The van der Waals surface area contributed by atoms with Gasteiger partial charge in [0, 0.05) is 0 Å². The maximum Gasteiger partial charge on any atom is -0.0348 e. The van der Waals surface area contributed by atoms with Crippen LogP contribution in [0.15, 0.2) is 24.8 Å². The second-order valence-corrected chi connectivity index (χ2v) is 5.70. The van der Waals surface area contributed by atoms with Gasteiger partial charge in [-0.1, -0.05) is 109 Å². The van der Waals surface area contributed by atoms with Crippen molar-refractivity contribution in [3.8, 4) is 0 Å². The second-order valence-electron chi connectivity index (χ2n) is 5.70. The first kappa shape index (κ1) is 18.5. The Bertz CT molecular complexity index is 190. The van der Waals surface area contributed by atoms with Crippen molar-refractivity contribution >= 4 is 0 Å². The van der Waals surface area contributed by atoms with Crippen LogP contribution in [0.4, 0.5) is 0 Å². The molecule has 0 atom stereocenters. The lowest BCUT2D eigenvalue weighted by Gasteiger charge is -2.02. The Balaban J connectivity index is 2.95. The van der Waals surface area contributed by atoms with E-state index in [9.17, 15) is 0 Å². The molecule has 112 valence electrons. The van der Waals surface area contributed by atoms with Crippen molar-refractivity contribution < 1.29 is 0 Å². The summed E-state index contributed by atoms with van der Waals surface area (Å²) < 4.78 is 0. The smallest absolute Gasteiger partial charge is 0.0348 e. The van der Waals surface area contributed by atoms with Crippen molar-refractivity contribution in [2.75, 3.05) is 0 Å². The van der Waals surface area contributed by atoms with Gasteiger partial charge in [0.1, 0.15) is 0 Å². The average molecular weight is 264 g/mol. The molecule has 0 aromatic carbocycles. The maximum absolute atomic E-state index is 3.68. The Morgan fingerprint density at radius 3 is 1.47 bits per heavy atom. The minimum absolute atomic E-state index is 1.23. The summed E-state index contributed by atoms with van der Waals surface area (Å²) in [5, 5.41) is 0. The summed E-state index contributed by atoms with van der Waals surface area (Å²) in [4.78, 5) is 0. The second kappa shape index (κ2) is 17.5. The van der Waals surface area contributed by atoms with Gasteiger partial charge in [-0.2, -0.15) is 0 Å². The van der Waals surface area contributed by atoms with Crippen molar-refractivity contribution in [1.29, 1.82) is 0 Å². The van der Waals surface area contributed by atoms with E-state index in [1.54, 1.807) is 0 Å². The summed E-state index contributed by atoms with van der Waals surface area (Å²) in [6, 6.07) is 0. The first-order valence-corrected chi connectivity index (χ1v) is 8.69. The van der Waals surface area contributed by atoms with Crippen LogP contribution in [0, 0.1) is 0 Å². The van der Waals surface area contributed by atoms with Crippen LogP contribution in [-0.4, -0.2) is 0 Å². The molecule has 0 unspecified atom stereocenters. The molecule has 0 saturated heterocycles. The van der Waals surface area contributed by atoms with Gasteiger partial charge < -0.3 is 0 Å². The quantitative estimate of drug-likeness (QED) is 0.216. The third-order valence-corrected chi connectivity index (χ3v) is 3.75.